The smallest absolute Gasteiger partial charge is 0.163 e. The Bertz CT molecular complexity index is 1570. The lowest BCUT2D eigenvalue weighted by molar-refractivity contribution is -0.138. The molecule has 5 heteroatoms. The average molecular weight is 498 g/mol. The van der Waals surface area contributed by atoms with Crippen LogP contribution in [0.5, 0.6) is 5.75 Å². The van der Waals surface area contributed by atoms with Crippen molar-refractivity contribution in [1.29, 1.82) is 0 Å². The van der Waals surface area contributed by atoms with E-state index in [-0.39, 0.29) is 11.6 Å². The Morgan fingerprint density at radius 2 is 1.95 bits per heavy atom. The Hall–Kier alpha value is -3.31. The number of rotatable bonds is 5. The summed E-state index contributed by atoms with van der Waals surface area (Å²) in [7, 11) is 0. The summed E-state index contributed by atoms with van der Waals surface area (Å²) >= 11 is 0. The maximum atomic E-state index is 15.5. The van der Waals surface area contributed by atoms with Crippen LogP contribution in [-0.4, -0.2) is 23.0 Å². The van der Waals surface area contributed by atoms with Gasteiger partial charge in [0.2, 0.25) is 0 Å². The van der Waals surface area contributed by atoms with Gasteiger partial charge in [-0.15, -0.1) is 0 Å². The molecule has 190 valence electrons. The molecule has 0 radical (unpaired) electrons. The zero-order valence-corrected chi connectivity index (χ0v) is 22.1. The Kier molecular flexibility index (Phi) is 5.61. The van der Waals surface area contributed by atoms with E-state index in [1.54, 1.807) is 13.0 Å². The minimum absolute atomic E-state index is 0.0901. The van der Waals surface area contributed by atoms with E-state index < -0.39 is 11.7 Å². The van der Waals surface area contributed by atoms with Crippen molar-refractivity contribution in [3.05, 3.63) is 70.7 Å². The number of carbonyl (C=O) groups is 1. The van der Waals surface area contributed by atoms with Gasteiger partial charge in [-0.3, -0.25) is 9.78 Å². The predicted molar refractivity (Wildman–Crippen MR) is 145 cm³/mol. The van der Waals surface area contributed by atoms with Gasteiger partial charge in [0.1, 0.15) is 17.7 Å². The van der Waals surface area contributed by atoms with Crippen LogP contribution >= 0.6 is 0 Å². The molecule has 0 spiro atoms. The normalized spacial score (nSPS) is 16.2. The molecule has 0 saturated heterocycles. The van der Waals surface area contributed by atoms with Gasteiger partial charge in [-0.2, -0.15) is 0 Å². The van der Waals surface area contributed by atoms with Crippen molar-refractivity contribution in [2.45, 2.75) is 71.5 Å². The van der Waals surface area contributed by atoms with E-state index in [2.05, 4.69) is 6.07 Å². The van der Waals surface area contributed by atoms with Gasteiger partial charge in [0.15, 0.2) is 5.78 Å². The molecule has 4 nitrogen and oxygen atoms in total. The summed E-state index contributed by atoms with van der Waals surface area (Å²) in [6, 6.07) is 11.7. The highest BCUT2D eigenvalue weighted by Crippen LogP contribution is 2.47. The molecule has 1 aliphatic carbocycles. The monoisotopic (exact) mass is 497 g/mol. The number of Topliss-reactive ketones (excluding diaryl/α,β-unsaturated/α-hetero) is 1. The van der Waals surface area contributed by atoms with Crippen LogP contribution in [-0.2, 0) is 16.0 Å². The van der Waals surface area contributed by atoms with Crippen molar-refractivity contribution in [2.75, 3.05) is 6.61 Å². The van der Waals surface area contributed by atoms with E-state index in [0.29, 0.717) is 12.5 Å². The topological polar surface area (TPSA) is 48.4 Å². The second kappa shape index (κ2) is 8.63. The van der Waals surface area contributed by atoms with Crippen LogP contribution in [0, 0.1) is 12.7 Å². The fraction of sp³-hybridized carbons (Fsp3) is 0.375. The lowest BCUT2D eigenvalue weighted by atomic mass is 9.84. The number of halogens is 1. The summed E-state index contributed by atoms with van der Waals surface area (Å²) in [5, 5.41) is 2.72. The number of benzene rings is 3. The second-order valence-electron chi connectivity index (χ2n) is 11.5. The molecule has 1 fully saturated rings. The quantitative estimate of drug-likeness (QED) is 0.283. The number of pyridine rings is 1. The minimum atomic E-state index is -0.798. The van der Waals surface area contributed by atoms with Crippen molar-refractivity contribution < 1.29 is 18.7 Å². The lowest BCUT2D eigenvalue weighted by Crippen LogP contribution is -2.27. The standard InChI is InChI=1S/C32H32FNO3/c1-17-14-21-15-23(19-6-7-19)25(33)16-24(21)29(27(17)31(18(2)35)37-32(3,4)5)22-8-9-26-28-20(11-13-36-26)10-12-34-30(22)28/h8-10,12,14-16,19,31H,6-7,11,13H2,1-5H3/t31-/m1/s1. The van der Waals surface area contributed by atoms with Gasteiger partial charge in [-0.05, 0) is 122 Å². The summed E-state index contributed by atoms with van der Waals surface area (Å²) in [5.41, 5.74) is 5.59. The SMILES string of the molecule is CC(=O)[C@@H](OC(C)(C)C)c1c(C)cc2cc(C3CC3)c(F)cc2c1-c1ccc2c3c(ccnc13)CCO2. The van der Waals surface area contributed by atoms with Crippen molar-refractivity contribution in [1.82, 2.24) is 4.98 Å². The molecule has 2 heterocycles. The molecule has 2 aliphatic rings. The molecular weight excluding hydrogens is 465 g/mol. The summed E-state index contributed by atoms with van der Waals surface area (Å²) in [5.74, 6) is 0.818. The first kappa shape index (κ1) is 24.1. The first-order chi connectivity index (χ1) is 17.6. The van der Waals surface area contributed by atoms with E-state index in [0.717, 1.165) is 74.5 Å². The van der Waals surface area contributed by atoms with Crippen molar-refractivity contribution >= 4 is 27.5 Å². The molecule has 1 atom stereocenters. The average Bonchev–Trinajstić information content (AvgIpc) is 3.68. The van der Waals surface area contributed by atoms with E-state index >= 15 is 4.39 Å². The van der Waals surface area contributed by atoms with Crippen LogP contribution in [0.3, 0.4) is 0 Å². The van der Waals surface area contributed by atoms with Gasteiger partial charge < -0.3 is 9.47 Å². The number of fused-ring (bicyclic) bond motifs is 1. The summed E-state index contributed by atoms with van der Waals surface area (Å²) < 4.78 is 27.9. The second-order valence-corrected chi connectivity index (χ2v) is 11.5. The maximum absolute atomic E-state index is 15.5. The predicted octanol–water partition coefficient (Wildman–Crippen LogP) is 7.76. The third-order valence-corrected chi connectivity index (χ3v) is 7.46. The molecule has 0 unspecified atom stereocenters. The molecule has 0 amide bonds. The summed E-state index contributed by atoms with van der Waals surface area (Å²) in [4.78, 5) is 17.9. The largest absolute Gasteiger partial charge is 0.493 e. The van der Waals surface area contributed by atoms with E-state index in [1.165, 1.54) is 5.56 Å². The molecule has 1 saturated carbocycles. The van der Waals surface area contributed by atoms with Crippen LogP contribution < -0.4 is 4.74 Å². The first-order valence-corrected chi connectivity index (χ1v) is 13.1. The summed E-state index contributed by atoms with van der Waals surface area (Å²) in [6.45, 7) is 10.0. The molecule has 0 bridgehead atoms. The van der Waals surface area contributed by atoms with E-state index in [9.17, 15) is 4.79 Å². The molecule has 4 aromatic rings. The number of aromatic nitrogens is 1. The first-order valence-electron chi connectivity index (χ1n) is 13.1. The van der Waals surface area contributed by atoms with E-state index in [4.69, 9.17) is 14.5 Å². The number of ether oxygens (including phenoxy) is 2. The third kappa shape index (κ3) is 4.19. The Morgan fingerprint density at radius 1 is 1.16 bits per heavy atom. The zero-order valence-electron chi connectivity index (χ0n) is 22.1. The fourth-order valence-electron chi connectivity index (χ4n) is 5.73. The van der Waals surface area contributed by atoms with Crippen LogP contribution in [0.2, 0.25) is 0 Å². The minimum Gasteiger partial charge on any atom is -0.493 e. The zero-order chi connectivity index (χ0) is 26.1. The Morgan fingerprint density at radius 3 is 2.65 bits per heavy atom. The number of hydrogen-bond acceptors (Lipinski definition) is 4. The Balaban J connectivity index is 1.73. The number of nitrogens with zero attached hydrogens (tertiary/aromatic N) is 1. The molecule has 1 aromatic heterocycles. The molecular formula is C32H32FNO3. The van der Waals surface area contributed by atoms with Gasteiger partial charge in [0, 0.05) is 23.6 Å². The van der Waals surface area contributed by atoms with Crippen LogP contribution in [0.25, 0.3) is 32.8 Å². The van der Waals surface area contributed by atoms with Crippen LogP contribution in [0.15, 0.2) is 42.6 Å². The molecule has 0 N–H and O–H groups in total. The number of hydrogen-bond donors (Lipinski definition) is 0. The third-order valence-electron chi connectivity index (χ3n) is 7.46. The van der Waals surface area contributed by atoms with Gasteiger partial charge in [-0.1, -0.05) is 6.07 Å². The van der Waals surface area contributed by atoms with Gasteiger partial charge in [0.25, 0.3) is 0 Å². The molecule has 6 rings (SSSR count). The van der Waals surface area contributed by atoms with E-state index in [1.807, 2.05) is 58.2 Å². The van der Waals surface area contributed by atoms with Crippen LogP contribution in [0.4, 0.5) is 4.39 Å². The van der Waals surface area contributed by atoms with Gasteiger partial charge >= 0.3 is 0 Å². The fourth-order valence-corrected chi connectivity index (χ4v) is 5.73. The van der Waals surface area contributed by atoms with Gasteiger partial charge in [-0.25, -0.2) is 4.39 Å². The molecule has 1 aliphatic heterocycles. The number of carbonyl (C=O) groups excluding carboxylic acids is 1. The molecule has 3 aromatic carbocycles. The van der Waals surface area contributed by atoms with Gasteiger partial charge in [0.05, 0.1) is 17.7 Å². The summed E-state index contributed by atoms with van der Waals surface area (Å²) in [6.07, 6.45) is 3.88. The highest BCUT2D eigenvalue weighted by Gasteiger charge is 2.32. The highest BCUT2D eigenvalue weighted by atomic mass is 19.1. The van der Waals surface area contributed by atoms with Crippen LogP contribution in [0.1, 0.15) is 74.8 Å². The molecule has 37 heavy (non-hydrogen) atoms. The lowest BCUT2D eigenvalue weighted by Gasteiger charge is -2.30. The Labute approximate surface area is 216 Å². The van der Waals surface area contributed by atoms with Crippen molar-refractivity contribution in [2.24, 2.45) is 0 Å². The van der Waals surface area contributed by atoms with Crippen molar-refractivity contribution in [3.63, 3.8) is 0 Å². The maximum Gasteiger partial charge on any atom is 0.163 e. The van der Waals surface area contributed by atoms with Crippen molar-refractivity contribution in [3.8, 4) is 16.9 Å². The highest BCUT2D eigenvalue weighted by molar-refractivity contribution is 6.09. The number of ketones is 1. The number of aryl methyl sites for hydroxylation is 1.